The van der Waals surface area contributed by atoms with E-state index in [4.69, 9.17) is 4.74 Å². The number of methoxy groups -OCH3 is 1. The van der Waals surface area contributed by atoms with Crippen molar-refractivity contribution in [3.8, 4) is 11.4 Å². The number of nitrogens with one attached hydrogen (secondary N) is 1. The molecule has 0 spiro atoms. The van der Waals surface area contributed by atoms with Gasteiger partial charge in [-0.15, -0.1) is 0 Å². The highest BCUT2D eigenvalue weighted by atomic mass is 32.2. The van der Waals surface area contributed by atoms with Gasteiger partial charge in [-0.05, 0) is 56.6 Å². The molecule has 1 aromatic carbocycles. The standard InChI is InChI=1S/C27H38F3N3O4S/c1-7-23-32-24(25(34)31-16-18-8-12-21(13-9-18)38(6,35)36)17(2)33(23)20-11-10-19(22(14-20)37-5)15-26(3,4)27(28,29)30/h10-11,14,18,21H,7-9,12-13,15-16H2,1-6H3,(H,31,34). The number of aromatic nitrogens is 2. The van der Waals surface area contributed by atoms with Crippen LogP contribution in [-0.2, 0) is 22.7 Å². The molecule has 0 atom stereocenters. The van der Waals surface area contributed by atoms with Crippen LogP contribution in [0.15, 0.2) is 18.2 Å². The molecule has 1 heterocycles. The number of hydrogen-bond acceptors (Lipinski definition) is 5. The van der Waals surface area contributed by atoms with Gasteiger partial charge in [-0.25, -0.2) is 13.4 Å². The van der Waals surface area contributed by atoms with Crippen molar-refractivity contribution in [2.45, 2.75) is 77.6 Å². The van der Waals surface area contributed by atoms with E-state index >= 15 is 0 Å². The van der Waals surface area contributed by atoms with E-state index in [0.717, 1.165) is 26.7 Å². The van der Waals surface area contributed by atoms with E-state index in [9.17, 15) is 26.4 Å². The summed E-state index contributed by atoms with van der Waals surface area (Å²) in [5.74, 6) is 0.886. The molecule has 1 N–H and O–H groups in total. The van der Waals surface area contributed by atoms with Gasteiger partial charge in [0.2, 0.25) is 0 Å². The number of carbonyl (C=O) groups is 1. The molecule has 0 unspecified atom stereocenters. The predicted molar refractivity (Wildman–Crippen MR) is 141 cm³/mol. The minimum Gasteiger partial charge on any atom is -0.496 e. The minimum atomic E-state index is -4.36. The van der Waals surface area contributed by atoms with Crippen LogP contribution in [-0.4, -0.2) is 55.2 Å². The molecule has 0 radical (unpaired) electrons. The number of benzene rings is 1. The summed E-state index contributed by atoms with van der Waals surface area (Å²) >= 11 is 0. The van der Waals surface area contributed by atoms with Crippen molar-refractivity contribution in [3.63, 3.8) is 0 Å². The molecule has 0 saturated heterocycles. The Morgan fingerprint density at radius 3 is 2.34 bits per heavy atom. The molecular formula is C27H38F3N3O4S. The number of carbonyl (C=O) groups excluding carboxylic acids is 1. The summed E-state index contributed by atoms with van der Waals surface area (Å²) in [6.45, 7) is 6.47. The van der Waals surface area contributed by atoms with Gasteiger partial charge in [0.05, 0.1) is 29.2 Å². The fourth-order valence-corrected chi connectivity index (χ4v) is 6.16. The Morgan fingerprint density at radius 2 is 1.82 bits per heavy atom. The lowest BCUT2D eigenvalue weighted by Gasteiger charge is -2.28. The van der Waals surface area contributed by atoms with Crippen LogP contribution < -0.4 is 10.1 Å². The highest BCUT2D eigenvalue weighted by Crippen LogP contribution is 2.42. The first kappa shape index (κ1) is 30.0. The van der Waals surface area contributed by atoms with Gasteiger partial charge in [-0.1, -0.05) is 26.8 Å². The normalized spacial score (nSPS) is 18.9. The van der Waals surface area contributed by atoms with Crippen molar-refractivity contribution in [1.82, 2.24) is 14.9 Å². The molecule has 38 heavy (non-hydrogen) atoms. The summed E-state index contributed by atoms with van der Waals surface area (Å²) in [5, 5.41) is 2.65. The number of rotatable bonds is 9. The van der Waals surface area contributed by atoms with Crippen LogP contribution in [0, 0.1) is 18.3 Å². The van der Waals surface area contributed by atoms with Crippen LogP contribution in [0.5, 0.6) is 5.75 Å². The van der Waals surface area contributed by atoms with Crippen LogP contribution in [0.4, 0.5) is 13.2 Å². The maximum Gasteiger partial charge on any atom is 0.394 e. The van der Waals surface area contributed by atoms with E-state index in [1.807, 2.05) is 11.5 Å². The second-order valence-electron chi connectivity index (χ2n) is 10.9. The first-order valence-electron chi connectivity index (χ1n) is 12.9. The summed E-state index contributed by atoms with van der Waals surface area (Å²) in [4.78, 5) is 17.6. The molecular weight excluding hydrogens is 519 g/mol. The van der Waals surface area contributed by atoms with Gasteiger partial charge < -0.3 is 14.6 Å². The quantitative estimate of drug-likeness (QED) is 0.457. The van der Waals surface area contributed by atoms with E-state index < -0.39 is 21.4 Å². The topological polar surface area (TPSA) is 90.3 Å². The molecule has 1 aromatic heterocycles. The Morgan fingerprint density at radius 1 is 1.18 bits per heavy atom. The molecule has 3 rings (SSSR count). The third-order valence-electron chi connectivity index (χ3n) is 7.59. The highest BCUT2D eigenvalue weighted by molar-refractivity contribution is 7.91. The van der Waals surface area contributed by atoms with Crippen molar-refractivity contribution in [1.29, 1.82) is 0 Å². The highest BCUT2D eigenvalue weighted by Gasteiger charge is 2.47. The fourth-order valence-electron chi connectivity index (χ4n) is 5.03. The number of nitrogens with zero attached hydrogens (tertiary/aromatic N) is 2. The van der Waals surface area contributed by atoms with Crippen molar-refractivity contribution < 1.29 is 31.1 Å². The molecule has 1 aliphatic carbocycles. The summed E-state index contributed by atoms with van der Waals surface area (Å²) in [6, 6.07) is 5.03. The lowest BCUT2D eigenvalue weighted by atomic mass is 9.84. The van der Waals surface area contributed by atoms with E-state index in [1.165, 1.54) is 13.4 Å². The Labute approximate surface area is 223 Å². The summed E-state index contributed by atoms with van der Waals surface area (Å²) in [7, 11) is -1.62. The first-order valence-corrected chi connectivity index (χ1v) is 14.8. The monoisotopic (exact) mass is 557 g/mol. The third kappa shape index (κ3) is 6.52. The summed E-state index contributed by atoms with van der Waals surface area (Å²) in [6.07, 6.45) is -0.0984. The third-order valence-corrected chi connectivity index (χ3v) is 9.27. The lowest BCUT2D eigenvalue weighted by molar-refractivity contribution is -0.211. The SMILES string of the molecule is CCc1nc(C(=O)NCC2CCC(S(C)(=O)=O)CC2)c(C)n1-c1ccc(CC(C)(C)C(F)(F)F)c(OC)c1. The molecule has 212 valence electrons. The largest absolute Gasteiger partial charge is 0.496 e. The Hall–Kier alpha value is -2.56. The number of sulfone groups is 1. The van der Waals surface area contributed by atoms with Crippen LogP contribution in [0.25, 0.3) is 5.69 Å². The van der Waals surface area contributed by atoms with Gasteiger partial charge in [0, 0.05) is 25.3 Å². The van der Waals surface area contributed by atoms with Gasteiger partial charge in [0.15, 0.2) is 0 Å². The van der Waals surface area contributed by atoms with E-state index in [-0.39, 0.29) is 29.2 Å². The molecule has 11 heteroatoms. The second kappa shape index (κ2) is 11.3. The van der Waals surface area contributed by atoms with Crippen LogP contribution in [0.1, 0.15) is 74.0 Å². The van der Waals surface area contributed by atoms with Crippen LogP contribution in [0.2, 0.25) is 0 Å². The molecule has 2 aromatic rings. The zero-order chi connectivity index (χ0) is 28.5. The number of ether oxygens (including phenoxy) is 1. The summed E-state index contributed by atoms with van der Waals surface area (Å²) < 4.78 is 71.2. The van der Waals surface area contributed by atoms with Crippen molar-refractivity contribution in [2.75, 3.05) is 19.9 Å². The first-order chi connectivity index (χ1) is 17.6. The average molecular weight is 558 g/mol. The molecule has 1 amide bonds. The number of imidazole rings is 1. The van der Waals surface area contributed by atoms with Crippen molar-refractivity contribution in [3.05, 3.63) is 41.0 Å². The van der Waals surface area contributed by atoms with E-state index in [1.54, 1.807) is 25.1 Å². The fraction of sp³-hybridized carbons (Fsp3) is 0.630. The molecule has 1 fully saturated rings. The van der Waals surface area contributed by atoms with Gasteiger partial charge in [-0.3, -0.25) is 4.79 Å². The number of alkyl halides is 3. The van der Waals surface area contributed by atoms with Gasteiger partial charge in [-0.2, -0.15) is 13.2 Å². The van der Waals surface area contributed by atoms with Crippen LogP contribution >= 0.6 is 0 Å². The summed E-state index contributed by atoms with van der Waals surface area (Å²) in [5.41, 5.74) is 0.0724. The molecule has 0 aliphatic heterocycles. The molecule has 7 nitrogen and oxygen atoms in total. The molecule has 0 bridgehead atoms. The van der Waals surface area contributed by atoms with Gasteiger partial charge in [0.1, 0.15) is 27.1 Å². The smallest absolute Gasteiger partial charge is 0.394 e. The molecule has 1 aliphatic rings. The Balaban J connectivity index is 1.79. The zero-order valence-electron chi connectivity index (χ0n) is 22.9. The van der Waals surface area contributed by atoms with E-state index in [0.29, 0.717) is 54.3 Å². The Kier molecular flexibility index (Phi) is 8.90. The Bertz CT molecular complexity index is 1260. The van der Waals surface area contributed by atoms with Gasteiger partial charge in [0.25, 0.3) is 5.91 Å². The maximum atomic E-state index is 13.5. The maximum absolute atomic E-state index is 13.5. The van der Waals surface area contributed by atoms with Crippen molar-refractivity contribution >= 4 is 15.7 Å². The van der Waals surface area contributed by atoms with Crippen molar-refractivity contribution in [2.24, 2.45) is 11.3 Å². The minimum absolute atomic E-state index is 0.211. The predicted octanol–water partition coefficient (Wildman–Crippen LogP) is 5.22. The number of aryl methyl sites for hydroxylation is 1. The van der Waals surface area contributed by atoms with E-state index in [2.05, 4.69) is 10.3 Å². The average Bonchev–Trinajstić information content (AvgIpc) is 3.18. The molecule has 1 saturated carbocycles. The number of amides is 1. The van der Waals surface area contributed by atoms with Gasteiger partial charge >= 0.3 is 6.18 Å². The lowest BCUT2D eigenvalue weighted by Crippen LogP contribution is -2.34. The number of hydrogen-bond donors (Lipinski definition) is 1. The number of halogens is 3. The zero-order valence-corrected chi connectivity index (χ0v) is 23.7. The second-order valence-corrected chi connectivity index (χ2v) is 13.2. The van der Waals surface area contributed by atoms with Crippen LogP contribution in [0.3, 0.4) is 0 Å².